The highest BCUT2D eigenvalue weighted by Crippen LogP contribution is 2.15. The van der Waals surface area contributed by atoms with E-state index >= 15 is 0 Å². The average Bonchev–Trinajstić information content (AvgIpc) is 2.20. The lowest BCUT2D eigenvalue weighted by Crippen LogP contribution is -1.93. The number of anilines is 1. The van der Waals surface area contributed by atoms with Crippen LogP contribution in [0, 0.1) is 13.8 Å². The lowest BCUT2D eigenvalue weighted by Gasteiger charge is -1.89. The van der Waals surface area contributed by atoms with Crippen LogP contribution in [-0.4, -0.2) is 11.6 Å². The van der Waals surface area contributed by atoms with E-state index in [1.807, 2.05) is 13.8 Å². The van der Waals surface area contributed by atoms with Crippen molar-refractivity contribution in [1.82, 2.24) is 5.16 Å². The van der Waals surface area contributed by atoms with E-state index in [0.717, 1.165) is 11.3 Å². The highest BCUT2D eigenvalue weighted by atomic mass is 16.5. The summed E-state index contributed by atoms with van der Waals surface area (Å²) >= 11 is 0. The molecule has 1 N–H and O–H groups in total. The second kappa shape index (κ2) is 2.51. The van der Waals surface area contributed by atoms with Gasteiger partial charge in [0.25, 0.3) is 0 Å². The predicted octanol–water partition coefficient (Wildman–Crippen LogP) is 0.860. The molecular formula is C6H8N2O2. The maximum Gasteiger partial charge on any atom is 0.234 e. The molecule has 0 aliphatic rings. The Morgan fingerprint density at radius 3 is 2.70 bits per heavy atom. The van der Waals surface area contributed by atoms with Crippen molar-refractivity contribution >= 4 is 12.3 Å². The molecule has 1 amide bonds. The number of aryl methyl sites for hydroxylation is 1. The van der Waals surface area contributed by atoms with Gasteiger partial charge in [-0.25, -0.2) is 0 Å². The van der Waals surface area contributed by atoms with Gasteiger partial charge < -0.3 is 4.52 Å². The molecule has 0 spiro atoms. The van der Waals surface area contributed by atoms with Crippen LogP contribution in [0.25, 0.3) is 0 Å². The van der Waals surface area contributed by atoms with Gasteiger partial charge in [-0.2, -0.15) is 0 Å². The molecular weight excluding hydrogens is 132 g/mol. The molecule has 0 unspecified atom stereocenters. The number of carbonyl (C=O) groups is 1. The number of hydrogen-bond acceptors (Lipinski definition) is 3. The lowest BCUT2D eigenvalue weighted by molar-refractivity contribution is -0.105. The van der Waals surface area contributed by atoms with Crippen LogP contribution >= 0.6 is 0 Å². The van der Waals surface area contributed by atoms with Crippen molar-refractivity contribution in [2.24, 2.45) is 0 Å². The van der Waals surface area contributed by atoms with Gasteiger partial charge in [-0.15, -0.1) is 0 Å². The summed E-state index contributed by atoms with van der Waals surface area (Å²) in [5, 5.41) is 6.03. The SMILES string of the molecule is Cc1noc(NC=O)c1C. The van der Waals surface area contributed by atoms with Crippen LogP contribution < -0.4 is 5.32 Å². The molecule has 54 valence electrons. The molecule has 1 rings (SSSR count). The van der Waals surface area contributed by atoms with E-state index in [-0.39, 0.29) is 0 Å². The molecule has 0 atom stereocenters. The summed E-state index contributed by atoms with van der Waals surface area (Å²) in [6.07, 6.45) is 0.562. The Labute approximate surface area is 58.2 Å². The largest absolute Gasteiger partial charge is 0.338 e. The van der Waals surface area contributed by atoms with Crippen LogP contribution in [0.3, 0.4) is 0 Å². The van der Waals surface area contributed by atoms with Crippen LogP contribution in [0.2, 0.25) is 0 Å². The van der Waals surface area contributed by atoms with Gasteiger partial charge in [0, 0.05) is 5.56 Å². The summed E-state index contributed by atoms with van der Waals surface area (Å²) in [6.45, 7) is 3.65. The normalized spacial score (nSPS) is 9.40. The fourth-order valence-electron chi connectivity index (χ4n) is 0.603. The number of rotatable bonds is 2. The number of aromatic nitrogens is 1. The molecule has 1 heterocycles. The smallest absolute Gasteiger partial charge is 0.234 e. The maximum absolute atomic E-state index is 9.94. The first-order valence-electron chi connectivity index (χ1n) is 2.88. The van der Waals surface area contributed by atoms with E-state index in [1.165, 1.54) is 0 Å². The third-order valence-electron chi connectivity index (χ3n) is 1.35. The Hall–Kier alpha value is -1.32. The van der Waals surface area contributed by atoms with E-state index in [0.29, 0.717) is 12.3 Å². The summed E-state index contributed by atoms with van der Waals surface area (Å²) in [4.78, 5) is 9.94. The molecule has 0 aromatic carbocycles. The summed E-state index contributed by atoms with van der Waals surface area (Å²) in [6, 6.07) is 0. The fourth-order valence-corrected chi connectivity index (χ4v) is 0.603. The quantitative estimate of drug-likeness (QED) is 0.620. The van der Waals surface area contributed by atoms with Crippen LogP contribution in [0.15, 0.2) is 4.52 Å². The van der Waals surface area contributed by atoms with Crippen LogP contribution in [0.4, 0.5) is 5.88 Å². The zero-order valence-corrected chi connectivity index (χ0v) is 5.84. The van der Waals surface area contributed by atoms with E-state index in [4.69, 9.17) is 4.52 Å². The van der Waals surface area contributed by atoms with Crippen molar-refractivity contribution in [3.63, 3.8) is 0 Å². The molecule has 4 nitrogen and oxygen atoms in total. The first-order valence-corrected chi connectivity index (χ1v) is 2.88. The van der Waals surface area contributed by atoms with Gasteiger partial charge in [0.05, 0.1) is 5.69 Å². The zero-order valence-electron chi connectivity index (χ0n) is 5.84. The van der Waals surface area contributed by atoms with E-state index < -0.39 is 0 Å². The third kappa shape index (κ3) is 1.00. The van der Waals surface area contributed by atoms with Crippen molar-refractivity contribution in [3.05, 3.63) is 11.3 Å². The van der Waals surface area contributed by atoms with Crippen molar-refractivity contribution in [2.45, 2.75) is 13.8 Å². The average molecular weight is 140 g/mol. The molecule has 0 fully saturated rings. The second-order valence-corrected chi connectivity index (χ2v) is 1.98. The summed E-state index contributed by atoms with van der Waals surface area (Å²) < 4.78 is 4.74. The molecule has 1 aromatic rings. The van der Waals surface area contributed by atoms with Crippen LogP contribution in [-0.2, 0) is 4.79 Å². The predicted molar refractivity (Wildman–Crippen MR) is 35.7 cm³/mol. The van der Waals surface area contributed by atoms with Gasteiger partial charge in [0.2, 0.25) is 12.3 Å². The monoisotopic (exact) mass is 140 g/mol. The maximum atomic E-state index is 9.94. The second-order valence-electron chi connectivity index (χ2n) is 1.98. The number of hydrogen-bond donors (Lipinski definition) is 1. The minimum Gasteiger partial charge on any atom is -0.338 e. The van der Waals surface area contributed by atoms with Gasteiger partial charge in [-0.1, -0.05) is 5.16 Å². The third-order valence-corrected chi connectivity index (χ3v) is 1.35. The standard InChI is InChI=1S/C6H8N2O2/c1-4-5(2)8-10-6(4)7-3-9/h3H,1-2H3,(H,7,9). The van der Waals surface area contributed by atoms with Crippen molar-refractivity contribution in [1.29, 1.82) is 0 Å². The number of carbonyl (C=O) groups excluding carboxylic acids is 1. The fraction of sp³-hybridized carbons (Fsp3) is 0.333. The molecule has 4 heteroatoms. The molecule has 1 aromatic heterocycles. The number of nitrogens with zero attached hydrogens (tertiary/aromatic N) is 1. The van der Waals surface area contributed by atoms with Gasteiger partial charge in [0.15, 0.2) is 0 Å². The summed E-state index contributed by atoms with van der Waals surface area (Å²) in [5.41, 5.74) is 1.66. The number of nitrogens with one attached hydrogen (secondary N) is 1. The molecule has 0 aliphatic carbocycles. The Morgan fingerprint density at radius 2 is 2.30 bits per heavy atom. The molecule has 0 bridgehead atoms. The van der Waals surface area contributed by atoms with Crippen molar-refractivity contribution < 1.29 is 9.32 Å². The molecule has 0 radical (unpaired) electrons. The molecule has 0 saturated heterocycles. The lowest BCUT2D eigenvalue weighted by atomic mass is 10.3. The summed E-state index contributed by atoms with van der Waals surface area (Å²) in [7, 11) is 0. The first-order chi connectivity index (χ1) is 4.75. The zero-order chi connectivity index (χ0) is 7.56. The Morgan fingerprint density at radius 1 is 1.60 bits per heavy atom. The van der Waals surface area contributed by atoms with Gasteiger partial charge in [-0.3, -0.25) is 10.1 Å². The van der Waals surface area contributed by atoms with Crippen molar-refractivity contribution in [2.75, 3.05) is 5.32 Å². The van der Waals surface area contributed by atoms with Gasteiger partial charge in [-0.05, 0) is 13.8 Å². The Balaban J connectivity index is 2.93. The Kier molecular flexibility index (Phi) is 1.71. The van der Waals surface area contributed by atoms with Crippen LogP contribution in [0.5, 0.6) is 0 Å². The summed E-state index contributed by atoms with van der Waals surface area (Å²) in [5.74, 6) is 0.424. The topological polar surface area (TPSA) is 55.1 Å². The van der Waals surface area contributed by atoms with E-state index in [2.05, 4.69) is 10.5 Å². The van der Waals surface area contributed by atoms with Crippen LogP contribution in [0.1, 0.15) is 11.3 Å². The number of amides is 1. The molecule has 10 heavy (non-hydrogen) atoms. The highest BCUT2D eigenvalue weighted by molar-refractivity contribution is 5.69. The minimum absolute atomic E-state index is 0.424. The minimum atomic E-state index is 0.424. The highest BCUT2D eigenvalue weighted by Gasteiger charge is 2.05. The van der Waals surface area contributed by atoms with E-state index in [1.54, 1.807) is 0 Å². The Bertz CT molecular complexity index is 242. The van der Waals surface area contributed by atoms with E-state index in [9.17, 15) is 4.79 Å². The first kappa shape index (κ1) is 6.80. The molecule has 0 saturated carbocycles. The molecule has 0 aliphatic heterocycles. The van der Waals surface area contributed by atoms with Gasteiger partial charge >= 0.3 is 0 Å². The van der Waals surface area contributed by atoms with Crippen molar-refractivity contribution in [3.8, 4) is 0 Å². The van der Waals surface area contributed by atoms with Gasteiger partial charge in [0.1, 0.15) is 0 Å².